The number of hydrogen-bond acceptors (Lipinski definition) is 5. The van der Waals surface area contributed by atoms with Gasteiger partial charge in [0.1, 0.15) is 0 Å². The minimum atomic E-state index is -0.175. The van der Waals surface area contributed by atoms with Crippen molar-refractivity contribution in [2.24, 2.45) is 7.05 Å². The Hall–Kier alpha value is -2.15. The Morgan fingerprint density at radius 3 is 3.00 bits per heavy atom. The van der Waals surface area contributed by atoms with Crippen LogP contribution in [0.15, 0.2) is 29.2 Å². The monoisotopic (exact) mass is 264 g/mol. The largest absolute Gasteiger partial charge is 0.472 e. The number of hydrogen-bond donors (Lipinski definition) is 0. The molecule has 0 aliphatic rings. The predicted molar refractivity (Wildman–Crippen MR) is 66.3 cm³/mol. The van der Waals surface area contributed by atoms with Crippen LogP contribution in [0.2, 0.25) is 0 Å². The Bertz CT molecular complexity index is 521. The first-order chi connectivity index (χ1) is 9.20. The van der Waals surface area contributed by atoms with Gasteiger partial charge in [-0.25, -0.2) is 0 Å². The Balaban J connectivity index is 2.10. The fraction of sp³-hybridized carbons (Fsp3) is 0.417. The van der Waals surface area contributed by atoms with Gasteiger partial charge >= 0.3 is 0 Å². The van der Waals surface area contributed by atoms with Crippen LogP contribution in [0.25, 0.3) is 0 Å². The highest BCUT2D eigenvalue weighted by atomic mass is 16.5. The molecule has 19 heavy (non-hydrogen) atoms. The van der Waals surface area contributed by atoms with E-state index in [1.54, 1.807) is 37.8 Å². The Morgan fingerprint density at radius 2 is 2.42 bits per heavy atom. The molecule has 102 valence electrons. The van der Waals surface area contributed by atoms with Gasteiger partial charge in [-0.3, -0.25) is 9.48 Å². The molecule has 7 heteroatoms. The molecule has 0 unspecified atom stereocenters. The summed E-state index contributed by atoms with van der Waals surface area (Å²) in [6, 6.07) is 1.82. The summed E-state index contributed by atoms with van der Waals surface area (Å²) in [5, 5.41) is 7.60. The molecule has 0 fully saturated rings. The van der Waals surface area contributed by atoms with E-state index in [1.807, 2.05) is 6.07 Å². The van der Waals surface area contributed by atoms with Crippen molar-refractivity contribution in [1.29, 1.82) is 0 Å². The predicted octanol–water partition coefficient (Wildman–Crippen LogP) is 0.697. The van der Waals surface area contributed by atoms with Crippen LogP contribution < -0.4 is 0 Å². The van der Waals surface area contributed by atoms with Gasteiger partial charge in [0.25, 0.3) is 5.91 Å². The lowest BCUT2D eigenvalue weighted by Crippen LogP contribution is -2.33. The smallest absolute Gasteiger partial charge is 0.276 e. The first kappa shape index (κ1) is 13.3. The number of nitrogens with zero attached hydrogens (tertiary/aromatic N) is 4. The number of aryl methyl sites for hydroxylation is 1. The summed E-state index contributed by atoms with van der Waals surface area (Å²) in [5.74, 6) is -0.175. The zero-order chi connectivity index (χ0) is 13.7. The van der Waals surface area contributed by atoms with Crippen LogP contribution in [0.3, 0.4) is 0 Å². The standard InChI is InChI=1S/C12H16N4O3/c1-15-8-11(13-14-15)12(17)16(4-6-18-2)7-10-3-5-19-9-10/h3,5,8-9H,4,6-7H2,1-2H3. The second-order valence-corrected chi connectivity index (χ2v) is 4.13. The highest BCUT2D eigenvalue weighted by Gasteiger charge is 2.19. The van der Waals surface area contributed by atoms with Gasteiger partial charge in [0.2, 0.25) is 0 Å². The Labute approximate surface area is 110 Å². The number of rotatable bonds is 6. The molecule has 0 saturated carbocycles. The summed E-state index contributed by atoms with van der Waals surface area (Å²) in [5.41, 5.74) is 1.25. The summed E-state index contributed by atoms with van der Waals surface area (Å²) < 4.78 is 11.5. The third-order valence-corrected chi connectivity index (χ3v) is 2.63. The molecular formula is C12H16N4O3. The number of carbonyl (C=O) groups excluding carboxylic acids is 1. The van der Waals surface area contributed by atoms with E-state index in [9.17, 15) is 4.79 Å². The zero-order valence-electron chi connectivity index (χ0n) is 10.9. The molecule has 0 saturated heterocycles. The van der Waals surface area contributed by atoms with Gasteiger partial charge in [-0.2, -0.15) is 0 Å². The Kier molecular flexibility index (Phi) is 4.30. The van der Waals surface area contributed by atoms with Gasteiger partial charge < -0.3 is 14.1 Å². The number of aromatic nitrogens is 3. The number of methoxy groups -OCH3 is 1. The van der Waals surface area contributed by atoms with Gasteiger partial charge in [0, 0.05) is 32.8 Å². The van der Waals surface area contributed by atoms with Crippen LogP contribution in [0, 0.1) is 0 Å². The lowest BCUT2D eigenvalue weighted by atomic mass is 10.3. The fourth-order valence-electron chi connectivity index (χ4n) is 1.66. The van der Waals surface area contributed by atoms with Crippen molar-refractivity contribution in [2.75, 3.05) is 20.3 Å². The van der Waals surface area contributed by atoms with Crippen LogP contribution in [0.4, 0.5) is 0 Å². The molecule has 2 rings (SSSR count). The average Bonchev–Trinajstić information content (AvgIpc) is 3.05. The van der Waals surface area contributed by atoms with Crippen LogP contribution in [-0.2, 0) is 18.3 Å². The minimum Gasteiger partial charge on any atom is -0.472 e. The van der Waals surface area contributed by atoms with Gasteiger partial charge in [0.15, 0.2) is 5.69 Å². The molecule has 0 N–H and O–H groups in total. The lowest BCUT2D eigenvalue weighted by Gasteiger charge is -2.20. The summed E-state index contributed by atoms with van der Waals surface area (Å²) in [6.07, 6.45) is 4.79. The SMILES string of the molecule is COCCN(Cc1ccoc1)C(=O)c1cn(C)nn1. The van der Waals surface area contributed by atoms with Crippen LogP contribution in [0.1, 0.15) is 16.1 Å². The molecule has 0 bridgehead atoms. The summed E-state index contributed by atoms with van der Waals surface area (Å²) in [7, 11) is 3.32. The first-order valence-corrected chi connectivity index (χ1v) is 5.86. The van der Waals surface area contributed by atoms with Crippen LogP contribution in [0.5, 0.6) is 0 Å². The molecule has 0 aromatic carbocycles. The van der Waals surface area contributed by atoms with E-state index in [0.717, 1.165) is 5.56 Å². The molecule has 1 amide bonds. The highest BCUT2D eigenvalue weighted by molar-refractivity contribution is 5.91. The molecular weight excluding hydrogens is 248 g/mol. The van der Waals surface area contributed by atoms with E-state index in [4.69, 9.17) is 9.15 Å². The molecule has 2 aromatic heterocycles. The normalized spacial score (nSPS) is 10.6. The molecule has 2 aromatic rings. The van der Waals surface area contributed by atoms with Crippen molar-refractivity contribution in [3.05, 3.63) is 36.0 Å². The lowest BCUT2D eigenvalue weighted by molar-refractivity contribution is 0.0674. The maximum atomic E-state index is 12.3. The maximum absolute atomic E-state index is 12.3. The van der Waals surface area contributed by atoms with E-state index >= 15 is 0 Å². The topological polar surface area (TPSA) is 73.4 Å². The van der Waals surface area contributed by atoms with Crippen molar-refractivity contribution in [3.63, 3.8) is 0 Å². The fourth-order valence-corrected chi connectivity index (χ4v) is 1.66. The van der Waals surface area contributed by atoms with Crippen LogP contribution >= 0.6 is 0 Å². The Morgan fingerprint density at radius 1 is 1.58 bits per heavy atom. The van der Waals surface area contributed by atoms with Crippen molar-refractivity contribution in [3.8, 4) is 0 Å². The third-order valence-electron chi connectivity index (χ3n) is 2.63. The maximum Gasteiger partial charge on any atom is 0.276 e. The van der Waals surface area contributed by atoms with Gasteiger partial charge in [-0.05, 0) is 6.07 Å². The second-order valence-electron chi connectivity index (χ2n) is 4.13. The quantitative estimate of drug-likeness (QED) is 0.767. The molecule has 0 aliphatic heterocycles. The van der Waals surface area contributed by atoms with E-state index in [2.05, 4.69) is 10.3 Å². The summed E-state index contributed by atoms with van der Waals surface area (Å²) in [6.45, 7) is 1.40. The van der Waals surface area contributed by atoms with Crippen LogP contribution in [-0.4, -0.2) is 46.1 Å². The van der Waals surface area contributed by atoms with E-state index in [-0.39, 0.29) is 5.91 Å². The van der Waals surface area contributed by atoms with Crippen molar-refractivity contribution in [2.45, 2.75) is 6.54 Å². The molecule has 0 spiro atoms. The number of furan rings is 1. The van der Waals surface area contributed by atoms with E-state index < -0.39 is 0 Å². The first-order valence-electron chi connectivity index (χ1n) is 5.86. The summed E-state index contributed by atoms with van der Waals surface area (Å²) >= 11 is 0. The summed E-state index contributed by atoms with van der Waals surface area (Å²) in [4.78, 5) is 14.0. The van der Waals surface area contributed by atoms with Crippen molar-refractivity contribution < 1.29 is 13.9 Å². The number of amides is 1. The zero-order valence-corrected chi connectivity index (χ0v) is 10.9. The number of carbonyl (C=O) groups is 1. The van der Waals surface area contributed by atoms with Crippen molar-refractivity contribution in [1.82, 2.24) is 19.9 Å². The van der Waals surface area contributed by atoms with Gasteiger partial charge in [-0.1, -0.05) is 5.21 Å². The second kappa shape index (κ2) is 6.14. The molecule has 0 radical (unpaired) electrons. The molecule has 0 aliphatic carbocycles. The van der Waals surface area contributed by atoms with Gasteiger partial charge in [0.05, 0.1) is 25.3 Å². The third kappa shape index (κ3) is 3.41. The molecule has 7 nitrogen and oxygen atoms in total. The average molecular weight is 264 g/mol. The molecule has 0 atom stereocenters. The number of ether oxygens (including phenoxy) is 1. The minimum absolute atomic E-state index is 0.175. The van der Waals surface area contributed by atoms with E-state index in [0.29, 0.717) is 25.4 Å². The van der Waals surface area contributed by atoms with E-state index in [1.165, 1.54) is 4.68 Å². The van der Waals surface area contributed by atoms with Gasteiger partial charge in [-0.15, -0.1) is 5.10 Å². The highest BCUT2D eigenvalue weighted by Crippen LogP contribution is 2.08. The molecule has 2 heterocycles. The van der Waals surface area contributed by atoms with Crippen molar-refractivity contribution >= 4 is 5.91 Å².